The normalized spacial score (nSPS) is 9.87. The summed E-state index contributed by atoms with van der Waals surface area (Å²) in [5, 5.41) is 9.02. The smallest absolute Gasteiger partial charge is 0.409 e. The Morgan fingerprint density at radius 1 is 1.60 bits per heavy atom. The van der Waals surface area contributed by atoms with Gasteiger partial charge in [0.05, 0.1) is 10.2 Å². The number of ether oxygens (including phenoxy) is 1. The molecule has 0 fully saturated rings. The van der Waals surface area contributed by atoms with Gasteiger partial charge in [-0.2, -0.15) is 5.26 Å². The molecule has 74 valence electrons. The van der Waals surface area contributed by atoms with Crippen molar-refractivity contribution in [3.05, 3.63) is 23.2 Å². The van der Waals surface area contributed by atoms with Crippen LogP contribution in [0, 0.1) is 11.3 Å². The number of hydrogen-bond donors (Lipinski definition) is 0. The lowest BCUT2D eigenvalue weighted by molar-refractivity contribution is 0.226. The predicted molar refractivity (Wildman–Crippen MR) is 56.2 cm³/mol. The molecule has 0 amide bonds. The molecule has 0 unspecified atom stereocenters. The van der Waals surface area contributed by atoms with Gasteiger partial charge in [0, 0.05) is 17.7 Å². The second kappa shape index (κ2) is 3.85. The third-order valence-electron chi connectivity index (χ3n) is 1.65. The quantitative estimate of drug-likeness (QED) is 0.717. The fourth-order valence-corrected chi connectivity index (χ4v) is 1.99. The van der Waals surface area contributed by atoms with Crippen LogP contribution in [-0.2, 0) is 0 Å². The average molecular weight is 239 g/mol. The third kappa shape index (κ3) is 2.06. The first kappa shape index (κ1) is 9.90. The second-order valence-electron chi connectivity index (χ2n) is 2.60. The fraction of sp³-hybridized carbons (Fsp3) is 0. The summed E-state index contributed by atoms with van der Waals surface area (Å²) in [5.74, 6) is 0.343. The standard InChI is InChI=1S/C9H3ClN2O2S/c10-9(13)14-5-1-2-6-7(3-5)15-8(4-11)12-6/h1-3H. The molecule has 0 aliphatic heterocycles. The molecule has 1 heterocycles. The van der Waals surface area contributed by atoms with Gasteiger partial charge >= 0.3 is 5.43 Å². The van der Waals surface area contributed by atoms with Gasteiger partial charge in [-0.15, -0.1) is 11.3 Å². The van der Waals surface area contributed by atoms with E-state index < -0.39 is 5.43 Å². The number of carbonyl (C=O) groups excluding carboxylic acids is 1. The molecule has 0 radical (unpaired) electrons. The number of thiazole rings is 1. The van der Waals surface area contributed by atoms with Crippen molar-refractivity contribution in [1.29, 1.82) is 5.26 Å². The lowest BCUT2D eigenvalue weighted by atomic mass is 10.3. The van der Waals surface area contributed by atoms with Crippen molar-refractivity contribution in [3.63, 3.8) is 0 Å². The Morgan fingerprint density at radius 2 is 2.40 bits per heavy atom. The van der Waals surface area contributed by atoms with Gasteiger partial charge in [0.25, 0.3) is 0 Å². The minimum atomic E-state index is -0.889. The van der Waals surface area contributed by atoms with Gasteiger partial charge in [-0.25, -0.2) is 9.78 Å². The van der Waals surface area contributed by atoms with Gasteiger partial charge in [-0.3, -0.25) is 0 Å². The molecule has 2 aromatic rings. The minimum Gasteiger partial charge on any atom is -0.414 e. The fourth-order valence-electron chi connectivity index (χ4n) is 1.11. The van der Waals surface area contributed by atoms with E-state index >= 15 is 0 Å². The third-order valence-corrected chi connectivity index (χ3v) is 2.65. The van der Waals surface area contributed by atoms with Crippen molar-refractivity contribution < 1.29 is 9.53 Å². The number of benzene rings is 1. The van der Waals surface area contributed by atoms with Crippen LogP contribution in [0.1, 0.15) is 5.01 Å². The highest BCUT2D eigenvalue weighted by Crippen LogP contribution is 2.26. The van der Waals surface area contributed by atoms with Crippen LogP contribution in [0.15, 0.2) is 18.2 Å². The Morgan fingerprint density at radius 3 is 3.07 bits per heavy atom. The maximum atomic E-state index is 10.5. The van der Waals surface area contributed by atoms with Gasteiger partial charge in [0.2, 0.25) is 0 Å². The number of halogens is 1. The zero-order valence-corrected chi connectivity index (χ0v) is 8.80. The van der Waals surface area contributed by atoms with Crippen LogP contribution in [0.3, 0.4) is 0 Å². The second-order valence-corrected chi connectivity index (χ2v) is 3.94. The zero-order chi connectivity index (χ0) is 10.8. The van der Waals surface area contributed by atoms with Crippen LogP contribution >= 0.6 is 22.9 Å². The number of nitrogens with zero attached hydrogens (tertiary/aromatic N) is 2. The number of fused-ring (bicyclic) bond motifs is 1. The Kier molecular flexibility index (Phi) is 2.54. The summed E-state index contributed by atoms with van der Waals surface area (Å²) in [6, 6.07) is 6.81. The number of nitriles is 1. The Balaban J connectivity index is 2.47. The molecule has 4 nitrogen and oxygen atoms in total. The molecule has 0 aliphatic rings. The Bertz CT molecular complexity index is 573. The molecule has 0 saturated carbocycles. The molecule has 0 bridgehead atoms. The molecule has 15 heavy (non-hydrogen) atoms. The Hall–Kier alpha value is -1.64. The van der Waals surface area contributed by atoms with Gasteiger partial charge in [-0.05, 0) is 12.1 Å². The SMILES string of the molecule is N#Cc1nc2ccc(OC(=O)Cl)cc2s1. The minimum absolute atomic E-state index is 0.343. The number of rotatable bonds is 1. The van der Waals surface area contributed by atoms with E-state index in [1.165, 1.54) is 11.3 Å². The van der Waals surface area contributed by atoms with E-state index in [0.29, 0.717) is 16.3 Å². The van der Waals surface area contributed by atoms with Crippen molar-refractivity contribution >= 4 is 38.6 Å². The highest BCUT2D eigenvalue weighted by Gasteiger charge is 2.06. The van der Waals surface area contributed by atoms with Crippen molar-refractivity contribution in [2.75, 3.05) is 0 Å². The highest BCUT2D eigenvalue weighted by atomic mass is 35.5. The van der Waals surface area contributed by atoms with E-state index in [4.69, 9.17) is 16.9 Å². The summed E-state index contributed by atoms with van der Waals surface area (Å²) >= 11 is 6.30. The van der Waals surface area contributed by atoms with Crippen LogP contribution in [-0.4, -0.2) is 10.4 Å². The lowest BCUT2D eigenvalue weighted by Crippen LogP contribution is -1.95. The van der Waals surface area contributed by atoms with E-state index in [1.54, 1.807) is 18.2 Å². The number of carbonyl (C=O) groups is 1. The van der Waals surface area contributed by atoms with E-state index in [0.717, 1.165) is 4.70 Å². The van der Waals surface area contributed by atoms with Crippen LogP contribution < -0.4 is 4.74 Å². The molecule has 0 saturated heterocycles. The summed E-state index contributed by atoms with van der Waals surface area (Å²) in [5.41, 5.74) is -0.190. The first-order valence-corrected chi connectivity index (χ1v) is 5.06. The summed E-state index contributed by atoms with van der Waals surface area (Å²) in [7, 11) is 0. The predicted octanol–water partition coefficient (Wildman–Crippen LogP) is 2.91. The topological polar surface area (TPSA) is 63.0 Å². The van der Waals surface area contributed by atoms with Crippen LogP contribution in [0.5, 0.6) is 5.75 Å². The molecule has 0 aliphatic carbocycles. The van der Waals surface area contributed by atoms with Gasteiger partial charge < -0.3 is 4.74 Å². The molecule has 2 rings (SSSR count). The van der Waals surface area contributed by atoms with Crippen LogP contribution in [0.4, 0.5) is 4.79 Å². The highest BCUT2D eigenvalue weighted by molar-refractivity contribution is 7.19. The molecule has 0 atom stereocenters. The lowest BCUT2D eigenvalue weighted by Gasteiger charge is -1.97. The van der Waals surface area contributed by atoms with Crippen LogP contribution in [0.2, 0.25) is 0 Å². The maximum Gasteiger partial charge on any atom is 0.409 e. The zero-order valence-electron chi connectivity index (χ0n) is 7.23. The first-order valence-electron chi connectivity index (χ1n) is 3.87. The van der Waals surface area contributed by atoms with E-state index in [9.17, 15) is 4.79 Å². The van der Waals surface area contributed by atoms with Crippen molar-refractivity contribution in [2.45, 2.75) is 0 Å². The molecular weight excluding hydrogens is 236 g/mol. The summed E-state index contributed by atoms with van der Waals surface area (Å²) < 4.78 is 5.47. The van der Waals surface area contributed by atoms with Gasteiger partial charge in [-0.1, -0.05) is 0 Å². The van der Waals surface area contributed by atoms with E-state index in [2.05, 4.69) is 9.72 Å². The average Bonchev–Trinajstić information content (AvgIpc) is 2.58. The molecule has 0 N–H and O–H groups in total. The number of hydrogen-bond acceptors (Lipinski definition) is 5. The van der Waals surface area contributed by atoms with Crippen molar-refractivity contribution in [3.8, 4) is 11.8 Å². The molecule has 0 spiro atoms. The van der Waals surface area contributed by atoms with Gasteiger partial charge in [0.1, 0.15) is 11.8 Å². The van der Waals surface area contributed by atoms with Crippen molar-refractivity contribution in [2.24, 2.45) is 0 Å². The van der Waals surface area contributed by atoms with Crippen molar-refractivity contribution in [1.82, 2.24) is 4.98 Å². The number of aromatic nitrogens is 1. The summed E-state index contributed by atoms with van der Waals surface area (Å²) in [4.78, 5) is 14.5. The summed E-state index contributed by atoms with van der Waals surface area (Å²) in [6.45, 7) is 0. The monoisotopic (exact) mass is 238 g/mol. The summed E-state index contributed by atoms with van der Waals surface area (Å²) in [6.07, 6.45) is 0. The van der Waals surface area contributed by atoms with Crippen LogP contribution in [0.25, 0.3) is 10.2 Å². The Labute approximate surface area is 93.7 Å². The van der Waals surface area contributed by atoms with E-state index in [1.807, 2.05) is 6.07 Å². The maximum absolute atomic E-state index is 10.5. The largest absolute Gasteiger partial charge is 0.414 e. The van der Waals surface area contributed by atoms with E-state index in [-0.39, 0.29) is 0 Å². The molecule has 1 aromatic heterocycles. The van der Waals surface area contributed by atoms with Gasteiger partial charge in [0.15, 0.2) is 5.01 Å². The molecular formula is C9H3ClN2O2S. The molecule has 1 aromatic carbocycles. The molecule has 6 heteroatoms. The first-order chi connectivity index (χ1) is 7.19.